The Morgan fingerprint density at radius 1 is 1.06 bits per heavy atom. The average Bonchev–Trinajstić information content (AvgIpc) is 3.59. The van der Waals surface area contributed by atoms with Crippen molar-refractivity contribution in [2.45, 2.75) is 50.6 Å². The number of amides is 2. The van der Waals surface area contributed by atoms with Gasteiger partial charge in [-0.05, 0) is 54.1 Å². The first-order chi connectivity index (χ1) is 17.6. The number of hydrogen-bond donors (Lipinski definition) is 1. The summed E-state index contributed by atoms with van der Waals surface area (Å²) in [6.07, 6.45) is 5.46. The third-order valence-electron chi connectivity index (χ3n) is 6.68. The molecule has 36 heavy (non-hydrogen) atoms. The summed E-state index contributed by atoms with van der Waals surface area (Å²) in [5, 5.41) is 5.19. The number of rotatable bonds is 8. The summed E-state index contributed by atoms with van der Waals surface area (Å²) in [6.45, 7) is 0.128. The zero-order chi connectivity index (χ0) is 24.9. The van der Waals surface area contributed by atoms with Crippen LogP contribution in [0.25, 0.3) is 0 Å². The molecule has 1 fully saturated rings. The van der Waals surface area contributed by atoms with Crippen LogP contribution >= 0.6 is 11.3 Å². The number of benzene rings is 2. The van der Waals surface area contributed by atoms with Gasteiger partial charge in [-0.3, -0.25) is 14.5 Å². The second-order valence-corrected chi connectivity index (χ2v) is 10.1. The quantitative estimate of drug-likeness (QED) is 0.452. The molecule has 1 aromatic heterocycles. The number of fused-ring (bicyclic) bond motifs is 1. The third-order valence-corrected chi connectivity index (χ3v) is 7.55. The monoisotopic (exact) mass is 506 g/mol. The molecule has 188 valence electrons. The number of thiophene rings is 1. The Bertz CT molecular complexity index is 1210. The van der Waals surface area contributed by atoms with E-state index in [1.165, 1.54) is 17.8 Å². The van der Waals surface area contributed by atoms with Crippen LogP contribution in [0.4, 0.5) is 5.69 Å². The topological polar surface area (TPSA) is 77.1 Å². The summed E-state index contributed by atoms with van der Waals surface area (Å²) in [4.78, 5) is 30.4. The lowest BCUT2D eigenvalue weighted by Crippen LogP contribution is -2.47. The lowest BCUT2D eigenvalue weighted by atomic mass is 9.94. The molecule has 2 amide bonds. The molecule has 1 N–H and O–H groups in total. The molecule has 7 nitrogen and oxygen atoms in total. The highest BCUT2D eigenvalue weighted by molar-refractivity contribution is 7.10. The van der Waals surface area contributed by atoms with Crippen LogP contribution < -0.4 is 24.4 Å². The lowest BCUT2D eigenvalue weighted by Gasteiger charge is -2.33. The van der Waals surface area contributed by atoms with E-state index >= 15 is 0 Å². The van der Waals surface area contributed by atoms with E-state index in [0.717, 1.165) is 30.6 Å². The maximum Gasteiger partial charge on any atom is 0.248 e. The van der Waals surface area contributed by atoms with Gasteiger partial charge in [-0.2, -0.15) is 0 Å². The Morgan fingerprint density at radius 3 is 2.67 bits per heavy atom. The number of carbonyl (C=O) groups excluding carboxylic acids is 2. The first-order valence-corrected chi connectivity index (χ1v) is 13.2. The standard InChI is InChI=1S/C28H30N2O5S/c1-33-22-10-5-7-19(15-22)27(28(32)29-20-8-3-2-4-9-20)30(26(31)17-23-11-6-14-36-23)21-12-13-24-25(16-21)35-18-34-24/h5-7,10-16,20,27H,2-4,8-9,17-18H2,1H3,(H,29,32)/t27-/m0/s1. The molecule has 1 saturated carbocycles. The summed E-state index contributed by atoms with van der Waals surface area (Å²) in [5.74, 6) is 1.42. The van der Waals surface area contributed by atoms with Gasteiger partial charge in [0.15, 0.2) is 11.5 Å². The van der Waals surface area contributed by atoms with Gasteiger partial charge in [0, 0.05) is 22.7 Å². The second kappa shape index (κ2) is 11.0. The largest absolute Gasteiger partial charge is 0.497 e. The second-order valence-electron chi connectivity index (χ2n) is 9.08. The Labute approximate surface area is 215 Å². The maximum absolute atomic E-state index is 14.0. The molecule has 0 saturated heterocycles. The SMILES string of the molecule is COc1cccc([C@@H](C(=O)NC2CCCCC2)N(C(=O)Cc2cccs2)c2ccc3c(c2)OCO3)c1. The first kappa shape index (κ1) is 24.2. The smallest absolute Gasteiger partial charge is 0.248 e. The number of ether oxygens (including phenoxy) is 3. The van der Waals surface area contributed by atoms with Crippen molar-refractivity contribution in [3.05, 3.63) is 70.4 Å². The molecule has 0 spiro atoms. The van der Waals surface area contributed by atoms with Crippen LogP contribution in [0, 0.1) is 0 Å². The number of nitrogens with one attached hydrogen (secondary N) is 1. The van der Waals surface area contributed by atoms with Gasteiger partial charge in [0.2, 0.25) is 18.6 Å². The van der Waals surface area contributed by atoms with E-state index in [9.17, 15) is 9.59 Å². The highest BCUT2D eigenvalue weighted by Crippen LogP contribution is 2.39. The molecule has 0 bridgehead atoms. The molecular formula is C28H30N2O5S. The number of nitrogens with zero attached hydrogens (tertiary/aromatic N) is 1. The van der Waals surface area contributed by atoms with Gasteiger partial charge in [0.25, 0.3) is 0 Å². The Kier molecular flexibility index (Phi) is 7.41. The van der Waals surface area contributed by atoms with E-state index in [0.29, 0.717) is 28.5 Å². The van der Waals surface area contributed by atoms with Crippen molar-refractivity contribution in [2.75, 3.05) is 18.8 Å². The summed E-state index contributed by atoms with van der Waals surface area (Å²) in [6, 6.07) is 15.8. The van der Waals surface area contributed by atoms with E-state index in [4.69, 9.17) is 14.2 Å². The van der Waals surface area contributed by atoms with E-state index in [-0.39, 0.29) is 31.1 Å². The van der Waals surface area contributed by atoms with Crippen molar-refractivity contribution in [3.8, 4) is 17.2 Å². The lowest BCUT2D eigenvalue weighted by molar-refractivity contribution is -0.127. The Balaban J connectivity index is 1.57. The zero-order valence-corrected chi connectivity index (χ0v) is 21.1. The normalized spacial score (nSPS) is 15.8. The van der Waals surface area contributed by atoms with Crippen LogP contribution in [0.5, 0.6) is 17.2 Å². The minimum absolute atomic E-state index is 0.102. The van der Waals surface area contributed by atoms with E-state index in [2.05, 4.69) is 5.32 Å². The van der Waals surface area contributed by atoms with Crippen LogP contribution in [0.15, 0.2) is 60.0 Å². The first-order valence-electron chi connectivity index (χ1n) is 12.3. The van der Waals surface area contributed by atoms with Crippen molar-refractivity contribution >= 4 is 28.8 Å². The minimum Gasteiger partial charge on any atom is -0.497 e. The molecule has 2 aromatic carbocycles. The van der Waals surface area contributed by atoms with Gasteiger partial charge in [-0.15, -0.1) is 11.3 Å². The fourth-order valence-electron chi connectivity index (χ4n) is 4.88. The fourth-order valence-corrected chi connectivity index (χ4v) is 5.57. The van der Waals surface area contributed by atoms with Crippen molar-refractivity contribution in [2.24, 2.45) is 0 Å². The number of carbonyl (C=O) groups is 2. The predicted octanol–water partition coefficient (Wildman–Crippen LogP) is 5.25. The predicted molar refractivity (Wildman–Crippen MR) is 139 cm³/mol. The minimum atomic E-state index is -0.880. The van der Waals surface area contributed by atoms with Gasteiger partial charge < -0.3 is 19.5 Å². The summed E-state index contributed by atoms with van der Waals surface area (Å²) >= 11 is 1.52. The maximum atomic E-state index is 14.0. The summed E-state index contributed by atoms with van der Waals surface area (Å²) in [5.41, 5.74) is 1.26. The van der Waals surface area contributed by atoms with Gasteiger partial charge in [-0.25, -0.2) is 0 Å². The van der Waals surface area contributed by atoms with E-state index < -0.39 is 6.04 Å². The number of methoxy groups -OCH3 is 1. The van der Waals surface area contributed by atoms with Crippen LogP contribution in [0.1, 0.15) is 48.6 Å². The molecule has 8 heteroatoms. The van der Waals surface area contributed by atoms with Gasteiger partial charge in [0.05, 0.1) is 13.5 Å². The zero-order valence-electron chi connectivity index (χ0n) is 20.3. The molecule has 1 aliphatic heterocycles. The molecule has 5 rings (SSSR count). The van der Waals surface area contributed by atoms with E-state index in [1.807, 2.05) is 41.8 Å². The van der Waals surface area contributed by atoms with Crippen LogP contribution in [0.2, 0.25) is 0 Å². The number of anilines is 1. The molecule has 0 unspecified atom stereocenters. The fraction of sp³-hybridized carbons (Fsp3) is 0.357. The van der Waals surface area contributed by atoms with Crippen molar-refractivity contribution < 1.29 is 23.8 Å². The third kappa shape index (κ3) is 5.33. The number of hydrogen-bond acceptors (Lipinski definition) is 6. The average molecular weight is 507 g/mol. The molecule has 2 aliphatic rings. The highest BCUT2D eigenvalue weighted by Gasteiger charge is 2.35. The van der Waals surface area contributed by atoms with Crippen LogP contribution in [0.3, 0.4) is 0 Å². The Hall–Kier alpha value is -3.52. The Morgan fingerprint density at radius 2 is 1.89 bits per heavy atom. The molecule has 1 aliphatic carbocycles. The summed E-state index contributed by atoms with van der Waals surface area (Å²) < 4.78 is 16.5. The van der Waals surface area contributed by atoms with Gasteiger partial charge in [-0.1, -0.05) is 37.5 Å². The molecule has 3 aromatic rings. The van der Waals surface area contributed by atoms with Crippen LogP contribution in [-0.2, 0) is 16.0 Å². The van der Waals surface area contributed by atoms with Crippen LogP contribution in [-0.4, -0.2) is 31.8 Å². The van der Waals surface area contributed by atoms with E-state index in [1.54, 1.807) is 30.2 Å². The van der Waals surface area contributed by atoms with Crippen molar-refractivity contribution in [3.63, 3.8) is 0 Å². The molecule has 1 atom stereocenters. The molecule has 2 heterocycles. The molecule has 0 radical (unpaired) electrons. The van der Waals surface area contributed by atoms with Gasteiger partial charge >= 0.3 is 0 Å². The molecular weight excluding hydrogens is 476 g/mol. The highest BCUT2D eigenvalue weighted by atomic mass is 32.1. The van der Waals surface area contributed by atoms with Crippen molar-refractivity contribution in [1.82, 2.24) is 5.32 Å². The summed E-state index contributed by atoms with van der Waals surface area (Å²) in [7, 11) is 1.59. The van der Waals surface area contributed by atoms with Crippen molar-refractivity contribution in [1.29, 1.82) is 0 Å². The van der Waals surface area contributed by atoms with Gasteiger partial charge in [0.1, 0.15) is 11.8 Å².